The van der Waals surface area contributed by atoms with Crippen molar-refractivity contribution in [1.29, 1.82) is 0 Å². The van der Waals surface area contributed by atoms with Crippen LogP contribution in [0.3, 0.4) is 0 Å². The second-order valence-electron chi connectivity index (χ2n) is 5.51. The number of rotatable bonds is 5. The number of nitrogens with one attached hydrogen (secondary N) is 2. The van der Waals surface area contributed by atoms with Crippen LogP contribution in [0.15, 0.2) is 36.4 Å². The number of anilines is 2. The second-order valence-corrected chi connectivity index (χ2v) is 5.51. The van der Waals surface area contributed by atoms with Crippen LogP contribution in [0.2, 0.25) is 0 Å². The molecule has 0 aliphatic carbocycles. The van der Waals surface area contributed by atoms with E-state index in [1.54, 1.807) is 0 Å². The molecule has 0 aliphatic rings. The first-order valence-electron chi connectivity index (χ1n) is 7.90. The fraction of sp³-hybridized carbons (Fsp3) is 0.222. The molecule has 0 spiro atoms. The molecule has 0 radical (unpaired) electrons. The van der Waals surface area contributed by atoms with E-state index in [0.29, 0.717) is 12.1 Å². The van der Waals surface area contributed by atoms with Gasteiger partial charge >= 0.3 is 11.8 Å². The number of hydrogen-bond donors (Lipinski definition) is 2. The summed E-state index contributed by atoms with van der Waals surface area (Å²) < 4.78 is 5.04. The summed E-state index contributed by atoms with van der Waals surface area (Å²) in [6.07, 6.45) is 0.703. The first kappa shape index (κ1) is 18.9. The zero-order chi connectivity index (χ0) is 19.3. The lowest BCUT2D eigenvalue weighted by Crippen LogP contribution is -2.30. The summed E-state index contributed by atoms with van der Waals surface area (Å²) >= 11 is 0. The maximum absolute atomic E-state index is 12.2. The molecule has 26 heavy (non-hydrogen) atoms. The maximum atomic E-state index is 12.2. The number of amides is 2. The Morgan fingerprint density at radius 1 is 1.15 bits per heavy atom. The number of carbonyl (C=O) groups excluding carboxylic acids is 2. The van der Waals surface area contributed by atoms with E-state index in [1.165, 1.54) is 25.3 Å². The SMILES string of the molecule is CCc1cccc(C)c1NC(=O)C(=O)Nc1ccc([N+](=O)[O-])cc1OC. The van der Waals surface area contributed by atoms with E-state index in [2.05, 4.69) is 10.6 Å². The lowest BCUT2D eigenvalue weighted by Gasteiger charge is -2.13. The van der Waals surface area contributed by atoms with Gasteiger partial charge in [-0.3, -0.25) is 19.7 Å². The molecule has 0 atom stereocenters. The summed E-state index contributed by atoms with van der Waals surface area (Å²) in [5, 5.41) is 15.8. The highest BCUT2D eigenvalue weighted by atomic mass is 16.6. The molecule has 0 fully saturated rings. The van der Waals surface area contributed by atoms with E-state index in [4.69, 9.17) is 4.74 Å². The number of nitro benzene ring substituents is 1. The third kappa shape index (κ3) is 4.15. The molecule has 0 saturated heterocycles. The van der Waals surface area contributed by atoms with Crippen molar-refractivity contribution in [3.05, 3.63) is 57.6 Å². The second kappa shape index (κ2) is 8.11. The van der Waals surface area contributed by atoms with Gasteiger partial charge < -0.3 is 15.4 Å². The number of carbonyl (C=O) groups is 2. The molecule has 8 nitrogen and oxygen atoms in total. The van der Waals surface area contributed by atoms with Gasteiger partial charge in [-0.25, -0.2) is 0 Å². The maximum Gasteiger partial charge on any atom is 0.314 e. The van der Waals surface area contributed by atoms with Crippen molar-refractivity contribution in [2.24, 2.45) is 0 Å². The van der Waals surface area contributed by atoms with Crippen molar-refractivity contribution in [3.63, 3.8) is 0 Å². The van der Waals surface area contributed by atoms with Crippen LogP contribution in [-0.4, -0.2) is 23.8 Å². The molecule has 0 heterocycles. The third-order valence-electron chi connectivity index (χ3n) is 3.83. The number of ether oxygens (including phenoxy) is 1. The Bertz CT molecular complexity index is 864. The third-order valence-corrected chi connectivity index (χ3v) is 3.83. The summed E-state index contributed by atoms with van der Waals surface area (Å²) in [4.78, 5) is 34.7. The van der Waals surface area contributed by atoms with Gasteiger partial charge in [-0.1, -0.05) is 25.1 Å². The predicted molar refractivity (Wildman–Crippen MR) is 97.5 cm³/mol. The van der Waals surface area contributed by atoms with Gasteiger partial charge in [0.1, 0.15) is 5.75 Å². The Morgan fingerprint density at radius 2 is 1.85 bits per heavy atom. The molecule has 2 amide bonds. The van der Waals surface area contributed by atoms with Crippen LogP contribution >= 0.6 is 0 Å². The molecule has 8 heteroatoms. The van der Waals surface area contributed by atoms with Crippen LogP contribution in [0, 0.1) is 17.0 Å². The fourth-order valence-electron chi connectivity index (χ4n) is 2.45. The summed E-state index contributed by atoms with van der Waals surface area (Å²) in [5.41, 5.74) is 2.35. The number of nitrogens with zero attached hydrogens (tertiary/aromatic N) is 1. The Morgan fingerprint density at radius 3 is 2.46 bits per heavy atom. The Labute approximate surface area is 150 Å². The smallest absolute Gasteiger partial charge is 0.314 e. The number of aryl methyl sites for hydroxylation is 2. The van der Waals surface area contributed by atoms with Gasteiger partial charge in [-0.05, 0) is 30.5 Å². The van der Waals surface area contributed by atoms with Gasteiger partial charge in [0.25, 0.3) is 5.69 Å². The largest absolute Gasteiger partial charge is 0.494 e. The minimum absolute atomic E-state index is 0.0884. The fourth-order valence-corrected chi connectivity index (χ4v) is 2.45. The minimum Gasteiger partial charge on any atom is -0.494 e. The van der Waals surface area contributed by atoms with E-state index in [1.807, 2.05) is 32.0 Å². The van der Waals surface area contributed by atoms with Gasteiger partial charge in [-0.2, -0.15) is 0 Å². The van der Waals surface area contributed by atoms with Crippen LogP contribution < -0.4 is 15.4 Å². The molecule has 0 aliphatic heterocycles. The number of hydrogen-bond acceptors (Lipinski definition) is 5. The van der Waals surface area contributed by atoms with Crippen molar-refractivity contribution in [3.8, 4) is 5.75 Å². The Balaban J connectivity index is 2.18. The van der Waals surface area contributed by atoms with E-state index >= 15 is 0 Å². The average Bonchev–Trinajstić information content (AvgIpc) is 2.63. The molecule has 2 aromatic rings. The molecule has 136 valence electrons. The monoisotopic (exact) mass is 357 g/mol. The first-order valence-corrected chi connectivity index (χ1v) is 7.90. The van der Waals surface area contributed by atoms with Gasteiger partial charge in [0, 0.05) is 11.8 Å². The standard InChI is InChI=1S/C18H19N3O5/c1-4-12-7-5-6-11(2)16(12)20-18(23)17(22)19-14-9-8-13(21(24)25)10-15(14)26-3/h5-10H,4H2,1-3H3,(H,19,22)(H,20,23). The van der Waals surface area contributed by atoms with Crippen LogP contribution in [-0.2, 0) is 16.0 Å². The molecule has 0 unspecified atom stereocenters. The molecular formula is C18H19N3O5. The quantitative estimate of drug-likeness (QED) is 0.485. The first-order chi connectivity index (χ1) is 12.4. The minimum atomic E-state index is -0.901. The molecule has 2 rings (SSSR count). The van der Waals surface area contributed by atoms with E-state index in [0.717, 1.165) is 11.1 Å². The average molecular weight is 357 g/mol. The Hall–Kier alpha value is -3.42. The normalized spacial score (nSPS) is 10.1. The number of para-hydroxylation sites is 1. The van der Waals surface area contributed by atoms with Crippen molar-refractivity contribution in [2.75, 3.05) is 17.7 Å². The highest BCUT2D eigenvalue weighted by molar-refractivity contribution is 6.44. The van der Waals surface area contributed by atoms with Crippen molar-refractivity contribution in [1.82, 2.24) is 0 Å². The van der Waals surface area contributed by atoms with Gasteiger partial charge in [-0.15, -0.1) is 0 Å². The van der Waals surface area contributed by atoms with Crippen LogP contribution in [0.1, 0.15) is 18.1 Å². The zero-order valence-corrected chi connectivity index (χ0v) is 14.7. The molecule has 0 saturated carbocycles. The summed E-state index contributed by atoms with van der Waals surface area (Å²) in [7, 11) is 1.32. The number of benzene rings is 2. The number of methoxy groups -OCH3 is 1. The lowest BCUT2D eigenvalue weighted by molar-refractivity contribution is -0.384. The van der Waals surface area contributed by atoms with Crippen molar-refractivity contribution >= 4 is 28.9 Å². The van der Waals surface area contributed by atoms with Crippen LogP contribution in [0.25, 0.3) is 0 Å². The molecule has 2 N–H and O–H groups in total. The van der Waals surface area contributed by atoms with Crippen LogP contribution in [0.4, 0.5) is 17.1 Å². The molecule has 0 aromatic heterocycles. The zero-order valence-electron chi connectivity index (χ0n) is 14.7. The topological polar surface area (TPSA) is 111 Å². The highest BCUT2D eigenvalue weighted by Crippen LogP contribution is 2.29. The van der Waals surface area contributed by atoms with E-state index in [-0.39, 0.29) is 17.1 Å². The van der Waals surface area contributed by atoms with E-state index < -0.39 is 16.7 Å². The molecule has 2 aromatic carbocycles. The molecule has 0 bridgehead atoms. The summed E-state index contributed by atoms with van der Waals surface area (Å²) in [6, 6.07) is 9.29. The van der Waals surface area contributed by atoms with Crippen molar-refractivity contribution in [2.45, 2.75) is 20.3 Å². The van der Waals surface area contributed by atoms with Crippen LogP contribution in [0.5, 0.6) is 5.75 Å². The number of nitro groups is 1. The Kier molecular flexibility index (Phi) is 5.90. The van der Waals surface area contributed by atoms with Gasteiger partial charge in [0.05, 0.1) is 23.8 Å². The van der Waals surface area contributed by atoms with Gasteiger partial charge in [0.15, 0.2) is 0 Å². The highest BCUT2D eigenvalue weighted by Gasteiger charge is 2.19. The van der Waals surface area contributed by atoms with Gasteiger partial charge in [0.2, 0.25) is 0 Å². The molecular weight excluding hydrogens is 338 g/mol. The summed E-state index contributed by atoms with van der Waals surface area (Å²) in [6.45, 7) is 3.79. The predicted octanol–water partition coefficient (Wildman–Crippen LogP) is 3.05. The summed E-state index contributed by atoms with van der Waals surface area (Å²) in [5.74, 6) is -1.65. The lowest BCUT2D eigenvalue weighted by atomic mass is 10.1. The number of non-ortho nitro benzene ring substituents is 1. The van der Waals surface area contributed by atoms with E-state index in [9.17, 15) is 19.7 Å². The van der Waals surface area contributed by atoms with Crippen molar-refractivity contribution < 1.29 is 19.2 Å².